The first kappa shape index (κ1) is 15.6. The summed E-state index contributed by atoms with van der Waals surface area (Å²) in [5.41, 5.74) is 7.49. The van der Waals surface area contributed by atoms with Gasteiger partial charge in [0.1, 0.15) is 11.5 Å². The summed E-state index contributed by atoms with van der Waals surface area (Å²) in [5.74, 6) is 0.819. The number of aromatic nitrogens is 1. The van der Waals surface area contributed by atoms with Crippen LogP contribution >= 0.6 is 27.5 Å². The van der Waals surface area contributed by atoms with Crippen LogP contribution in [0.2, 0.25) is 5.02 Å². The number of nitrogens with two attached hydrogens (primary N) is 1. The molecule has 110 valence electrons. The highest BCUT2D eigenvalue weighted by molar-refractivity contribution is 9.10. The molecule has 0 saturated heterocycles. The molecule has 1 aromatic carbocycles. The van der Waals surface area contributed by atoms with Gasteiger partial charge in [-0.1, -0.05) is 32.7 Å². The van der Waals surface area contributed by atoms with E-state index in [4.69, 9.17) is 27.3 Å². The monoisotopic (exact) mass is 369 g/mol. The van der Waals surface area contributed by atoms with Gasteiger partial charge in [0.15, 0.2) is 5.84 Å². The van der Waals surface area contributed by atoms with Crippen LogP contribution in [-0.2, 0) is 0 Å². The van der Waals surface area contributed by atoms with Gasteiger partial charge in [0.05, 0.1) is 16.3 Å². The van der Waals surface area contributed by atoms with E-state index in [1.54, 1.807) is 25.1 Å². The van der Waals surface area contributed by atoms with Crippen LogP contribution in [0.3, 0.4) is 0 Å². The second-order valence-corrected chi connectivity index (χ2v) is 5.71. The summed E-state index contributed by atoms with van der Waals surface area (Å²) in [6, 6.07) is 6.97. The molecule has 0 aliphatic rings. The number of oxime groups is 1. The minimum Gasteiger partial charge on any atom is -0.455 e. The van der Waals surface area contributed by atoms with E-state index >= 15 is 0 Å². The van der Waals surface area contributed by atoms with E-state index in [-0.39, 0.29) is 5.84 Å². The molecule has 0 bridgehead atoms. The van der Waals surface area contributed by atoms with Gasteiger partial charge >= 0.3 is 0 Å². The van der Waals surface area contributed by atoms with Gasteiger partial charge in [-0.2, -0.15) is 0 Å². The molecule has 3 N–H and O–H groups in total. The summed E-state index contributed by atoms with van der Waals surface area (Å²) in [6.07, 6.45) is 0. The summed E-state index contributed by atoms with van der Waals surface area (Å²) in [4.78, 5) is 4.29. The van der Waals surface area contributed by atoms with Gasteiger partial charge in [-0.15, -0.1) is 0 Å². The lowest BCUT2D eigenvalue weighted by Gasteiger charge is -2.14. The molecule has 0 aliphatic heterocycles. The van der Waals surface area contributed by atoms with Gasteiger partial charge in [-0.05, 0) is 32.0 Å². The summed E-state index contributed by atoms with van der Waals surface area (Å²) in [5, 5.41) is 12.4. The molecular weight excluding hydrogens is 358 g/mol. The average molecular weight is 371 g/mol. The maximum atomic E-state index is 8.92. The molecule has 1 heterocycles. The Morgan fingerprint density at radius 2 is 2.05 bits per heavy atom. The number of amidine groups is 1. The van der Waals surface area contributed by atoms with Crippen LogP contribution in [0.5, 0.6) is 11.5 Å². The lowest BCUT2D eigenvalue weighted by molar-refractivity contribution is 0.318. The Labute approximate surface area is 135 Å². The topological polar surface area (TPSA) is 80.7 Å². The third-order valence-electron chi connectivity index (χ3n) is 2.77. The SMILES string of the molecule is Cc1cc(Oc2cc(Br)ccc2Cl)c(/C(N)=N/O)c(C)n1. The lowest BCUT2D eigenvalue weighted by atomic mass is 10.1. The number of ether oxygens (including phenoxy) is 1. The van der Waals surface area contributed by atoms with Crippen LogP contribution in [0.15, 0.2) is 33.9 Å². The van der Waals surface area contributed by atoms with E-state index in [2.05, 4.69) is 26.1 Å². The van der Waals surface area contributed by atoms with E-state index in [1.807, 2.05) is 13.0 Å². The predicted molar refractivity (Wildman–Crippen MR) is 85.4 cm³/mol. The predicted octanol–water partition coefficient (Wildman–Crippen LogP) is 4.00. The van der Waals surface area contributed by atoms with Crippen LogP contribution in [0, 0.1) is 13.8 Å². The minimum atomic E-state index is -0.0684. The van der Waals surface area contributed by atoms with E-state index in [0.29, 0.717) is 27.8 Å². The molecule has 7 heteroatoms. The summed E-state index contributed by atoms with van der Waals surface area (Å²) in [7, 11) is 0. The zero-order chi connectivity index (χ0) is 15.6. The molecule has 2 aromatic rings. The summed E-state index contributed by atoms with van der Waals surface area (Å²) >= 11 is 9.48. The van der Waals surface area contributed by atoms with Gasteiger partial charge in [-0.3, -0.25) is 4.98 Å². The zero-order valence-corrected chi connectivity index (χ0v) is 13.7. The van der Waals surface area contributed by atoms with Gasteiger partial charge in [0.25, 0.3) is 0 Å². The number of aryl methyl sites for hydroxylation is 2. The fraction of sp³-hybridized carbons (Fsp3) is 0.143. The third kappa shape index (κ3) is 3.46. The standard InChI is InChI=1S/C14H13BrClN3O2/c1-7-5-12(13(8(2)18-7)14(17)19-20)21-11-6-9(15)3-4-10(11)16/h3-6,20H,1-2H3,(H2,17,19). The normalized spacial score (nSPS) is 11.5. The van der Waals surface area contributed by atoms with Gasteiger partial charge in [0, 0.05) is 16.2 Å². The van der Waals surface area contributed by atoms with Crippen molar-refractivity contribution in [3.05, 3.63) is 50.7 Å². The zero-order valence-electron chi connectivity index (χ0n) is 11.4. The average Bonchev–Trinajstić information content (AvgIpc) is 2.41. The lowest BCUT2D eigenvalue weighted by Crippen LogP contribution is -2.17. The molecule has 0 unspecified atom stereocenters. The number of nitrogens with zero attached hydrogens (tertiary/aromatic N) is 2. The fourth-order valence-corrected chi connectivity index (χ4v) is 2.41. The summed E-state index contributed by atoms with van der Waals surface area (Å²) < 4.78 is 6.66. The van der Waals surface area contributed by atoms with Gasteiger partial charge < -0.3 is 15.7 Å². The highest BCUT2D eigenvalue weighted by atomic mass is 79.9. The van der Waals surface area contributed by atoms with E-state index in [1.165, 1.54) is 0 Å². The Morgan fingerprint density at radius 3 is 2.71 bits per heavy atom. The van der Waals surface area contributed by atoms with Crippen molar-refractivity contribution in [2.24, 2.45) is 10.9 Å². The quantitative estimate of drug-likeness (QED) is 0.370. The number of benzene rings is 1. The van der Waals surface area contributed by atoms with Crippen molar-refractivity contribution < 1.29 is 9.94 Å². The van der Waals surface area contributed by atoms with Crippen LogP contribution in [0.4, 0.5) is 0 Å². The molecule has 21 heavy (non-hydrogen) atoms. The van der Waals surface area contributed by atoms with Gasteiger partial charge in [-0.25, -0.2) is 0 Å². The second kappa shape index (κ2) is 6.32. The number of halogens is 2. The Hall–Kier alpha value is -1.79. The van der Waals surface area contributed by atoms with Crippen molar-refractivity contribution in [1.82, 2.24) is 4.98 Å². The number of rotatable bonds is 3. The van der Waals surface area contributed by atoms with Crippen LogP contribution < -0.4 is 10.5 Å². The largest absolute Gasteiger partial charge is 0.455 e. The van der Waals surface area contributed by atoms with E-state index < -0.39 is 0 Å². The number of hydrogen-bond donors (Lipinski definition) is 2. The Morgan fingerprint density at radius 1 is 1.33 bits per heavy atom. The smallest absolute Gasteiger partial charge is 0.175 e. The summed E-state index contributed by atoms with van der Waals surface area (Å²) in [6.45, 7) is 3.59. The Balaban J connectivity index is 2.55. The maximum Gasteiger partial charge on any atom is 0.175 e. The minimum absolute atomic E-state index is 0.0684. The maximum absolute atomic E-state index is 8.92. The molecule has 0 atom stereocenters. The van der Waals surface area contributed by atoms with Crippen LogP contribution in [0.1, 0.15) is 17.0 Å². The molecule has 5 nitrogen and oxygen atoms in total. The molecular formula is C14H13BrClN3O2. The third-order valence-corrected chi connectivity index (χ3v) is 3.57. The van der Waals surface area contributed by atoms with Crippen molar-refractivity contribution in [3.8, 4) is 11.5 Å². The first-order valence-electron chi connectivity index (χ1n) is 6.01. The van der Waals surface area contributed by atoms with Crippen LogP contribution in [0.25, 0.3) is 0 Å². The molecule has 0 radical (unpaired) electrons. The first-order chi connectivity index (χ1) is 9.92. The Bertz CT molecular complexity index is 720. The number of pyridine rings is 1. The van der Waals surface area contributed by atoms with Crippen molar-refractivity contribution in [3.63, 3.8) is 0 Å². The molecule has 0 spiro atoms. The molecule has 0 saturated carbocycles. The molecule has 2 rings (SSSR count). The van der Waals surface area contributed by atoms with Gasteiger partial charge in [0.2, 0.25) is 0 Å². The van der Waals surface area contributed by atoms with Crippen molar-refractivity contribution in [2.45, 2.75) is 13.8 Å². The molecule has 0 fully saturated rings. The molecule has 1 aromatic heterocycles. The Kier molecular flexibility index (Phi) is 4.69. The highest BCUT2D eigenvalue weighted by Gasteiger charge is 2.16. The second-order valence-electron chi connectivity index (χ2n) is 4.38. The van der Waals surface area contributed by atoms with Crippen molar-refractivity contribution >= 4 is 33.4 Å². The number of hydrogen-bond acceptors (Lipinski definition) is 4. The first-order valence-corrected chi connectivity index (χ1v) is 7.18. The van der Waals surface area contributed by atoms with Crippen molar-refractivity contribution in [1.29, 1.82) is 0 Å². The van der Waals surface area contributed by atoms with E-state index in [9.17, 15) is 0 Å². The van der Waals surface area contributed by atoms with E-state index in [0.717, 1.165) is 10.2 Å². The van der Waals surface area contributed by atoms with Crippen LogP contribution in [-0.4, -0.2) is 16.0 Å². The highest BCUT2D eigenvalue weighted by Crippen LogP contribution is 2.34. The molecule has 0 amide bonds. The molecule has 0 aliphatic carbocycles. The fourth-order valence-electron chi connectivity index (χ4n) is 1.91. The van der Waals surface area contributed by atoms with Crippen molar-refractivity contribution in [2.75, 3.05) is 0 Å².